The zero-order valence-electron chi connectivity index (χ0n) is 10.5. The van der Waals surface area contributed by atoms with E-state index in [2.05, 4.69) is 25.9 Å². The summed E-state index contributed by atoms with van der Waals surface area (Å²) in [6, 6.07) is -0.858. The number of likely N-dealkylation sites (tertiary alicyclic amines) is 1. The van der Waals surface area contributed by atoms with Gasteiger partial charge in [-0.2, -0.15) is 5.21 Å². The monoisotopic (exact) mass is 252 g/mol. The molecule has 0 aliphatic carbocycles. The van der Waals surface area contributed by atoms with Crippen molar-refractivity contribution in [3.8, 4) is 0 Å². The molecule has 98 valence electrons. The third kappa shape index (κ3) is 2.23. The quantitative estimate of drug-likeness (QED) is 0.692. The van der Waals surface area contributed by atoms with E-state index in [1.165, 1.54) is 4.90 Å². The van der Waals surface area contributed by atoms with Crippen LogP contribution in [0.25, 0.3) is 0 Å². The standard InChI is InChI=1S/C10H16N6O2/c1-5(2)16-8(17)4-7(10(16)18)11-6(3)9-12-14-15-13-9/h5-7,11H,4H2,1-3H3,(H,12,13,14,15). The van der Waals surface area contributed by atoms with Crippen molar-refractivity contribution in [2.45, 2.75) is 45.3 Å². The van der Waals surface area contributed by atoms with E-state index in [-0.39, 0.29) is 30.3 Å². The van der Waals surface area contributed by atoms with Crippen molar-refractivity contribution in [3.63, 3.8) is 0 Å². The molecule has 1 aliphatic heterocycles. The van der Waals surface area contributed by atoms with Gasteiger partial charge in [-0.05, 0) is 20.8 Å². The summed E-state index contributed by atoms with van der Waals surface area (Å²) in [5.74, 6) is 0.136. The van der Waals surface area contributed by atoms with E-state index in [0.717, 1.165) is 0 Å². The number of aromatic nitrogens is 4. The zero-order chi connectivity index (χ0) is 13.3. The Balaban J connectivity index is 2.03. The van der Waals surface area contributed by atoms with Gasteiger partial charge in [-0.15, -0.1) is 10.2 Å². The van der Waals surface area contributed by atoms with Gasteiger partial charge in [0, 0.05) is 6.04 Å². The molecule has 1 fully saturated rings. The molecule has 2 heterocycles. The molecule has 0 aromatic carbocycles. The van der Waals surface area contributed by atoms with Crippen molar-refractivity contribution in [1.29, 1.82) is 0 Å². The van der Waals surface area contributed by atoms with Crippen molar-refractivity contribution < 1.29 is 9.59 Å². The maximum Gasteiger partial charge on any atom is 0.247 e. The van der Waals surface area contributed by atoms with Gasteiger partial charge in [-0.25, -0.2) is 0 Å². The molecule has 8 nitrogen and oxygen atoms in total. The van der Waals surface area contributed by atoms with Crippen molar-refractivity contribution in [2.75, 3.05) is 0 Å². The molecule has 2 unspecified atom stereocenters. The molecule has 8 heteroatoms. The number of hydrogen-bond acceptors (Lipinski definition) is 6. The molecule has 0 bridgehead atoms. The molecule has 2 atom stereocenters. The second-order valence-corrected chi connectivity index (χ2v) is 4.61. The molecular formula is C10H16N6O2. The Morgan fingerprint density at radius 1 is 1.39 bits per heavy atom. The average Bonchev–Trinajstić information content (AvgIpc) is 2.88. The second-order valence-electron chi connectivity index (χ2n) is 4.61. The van der Waals surface area contributed by atoms with Crippen LogP contribution in [0.5, 0.6) is 0 Å². The number of H-pyrrole nitrogens is 1. The topological polar surface area (TPSA) is 104 Å². The zero-order valence-corrected chi connectivity index (χ0v) is 10.5. The lowest BCUT2D eigenvalue weighted by molar-refractivity contribution is -0.140. The van der Waals surface area contributed by atoms with Crippen LogP contribution in [0.15, 0.2) is 0 Å². The van der Waals surface area contributed by atoms with Crippen molar-refractivity contribution in [2.24, 2.45) is 0 Å². The number of carbonyl (C=O) groups is 2. The summed E-state index contributed by atoms with van der Waals surface area (Å²) in [6.07, 6.45) is 0.180. The normalized spacial score (nSPS) is 22.0. The lowest BCUT2D eigenvalue weighted by atomic mass is 10.2. The number of hydrogen-bond donors (Lipinski definition) is 2. The van der Waals surface area contributed by atoms with Gasteiger partial charge in [0.15, 0.2) is 5.82 Å². The lowest BCUT2D eigenvalue weighted by Gasteiger charge is -2.20. The van der Waals surface area contributed by atoms with Crippen molar-refractivity contribution >= 4 is 11.8 Å². The van der Waals surface area contributed by atoms with Crippen LogP contribution in [-0.4, -0.2) is 49.4 Å². The number of amides is 2. The molecule has 1 aromatic rings. The van der Waals surface area contributed by atoms with Crippen LogP contribution in [0.3, 0.4) is 0 Å². The fraction of sp³-hybridized carbons (Fsp3) is 0.700. The highest BCUT2D eigenvalue weighted by Crippen LogP contribution is 2.18. The first-order chi connectivity index (χ1) is 8.50. The van der Waals surface area contributed by atoms with Crippen molar-refractivity contribution in [1.82, 2.24) is 30.8 Å². The molecule has 0 saturated carbocycles. The Hall–Kier alpha value is -1.83. The highest BCUT2D eigenvalue weighted by atomic mass is 16.2. The van der Waals surface area contributed by atoms with Gasteiger partial charge < -0.3 is 0 Å². The van der Waals surface area contributed by atoms with E-state index in [9.17, 15) is 9.59 Å². The van der Waals surface area contributed by atoms with E-state index >= 15 is 0 Å². The van der Waals surface area contributed by atoms with Crippen LogP contribution in [0.2, 0.25) is 0 Å². The largest absolute Gasteiger partial charge is 0.296 e. The first-order valence-electron chi connectivity index (χ1n) is 5.86. The Bertz CT molecular complexity index is 443. The van der Waals surface area contributed by atoms with Crippen LogP contribution < -0.4 is 5.32 Å². The molecule has 18 heavy (non-hydrogen) atoms. The van der Waals surface area contributed by atoms with Crippen LogP contribution in [0.4, 0.5) is 0 Å². The van der Waals surface area contributed by atoms with Crippen LogP contribution in [0.1, 0.15) is 39.1 Å². The van der Waals surface area contributed by atoms with Gasteiger partial charge in [-0.1, -0.05) is 5.21 Å². The SMILES string of the molecule is CC(NC1CC(=O)N(C(C)C)C1=O)c1nn[nH]n1. The molecular weight excluding hydrogens is 236 g/mol. The smallest absolute Gasteiger partial charge is 0.247 e. The number of nitrogens with zero attached hydrogens (tertiary/aromatic N) is 4. The van der Waals surface area contributed by atoms with Gasteiger partial charge in [0.1, 0.15) is 0 Å². The molecule has 0 radical (unpaired) electrons. The number of imide groups is 1. The fourth-order valence-electron chi connectivity index (χ4n) is 2.05. The predicted octanol–water partition coefficient (Wildman–Crippen LogP) is -0.614. The summed E-state index contributed by atoms with van der Waals surface area (Å²) >= 11 is 0. The fourth-order valence-corrected chi connectivity index (χ4v) is 2.05. The number of aromatic amines is 1. The van der Waals surface area contributed by atoms with E-state index < -0.39 is 6.04 Å². The third-order valence-electron chi connectivity index (χ3n) is 2.90. The Morgan fingerprint density at radius 2 is 2.11 bits per heavy atom. The lowest BCUT2D eigenvalue weighted by Crippen LogP contribution is -2.42. The number of tetrazole rings is 1. The Kier molecular flexibility index (Phi) is 3.37. The summed E-state index contributed by atoms with van der Waals surface area (Å²) in [5, 5.41) is 16.5. The summed E-state index contributed by atoms with van der Waals surface area (Å²) in [5.41, 5.74) is 0. The highest BCUT2D eigenvalue weighted by Gasteiger charge is 2.40. The number of nitrogens with one attached hydrogen (secondary N) is 2. The average molecular weight is 252 g/mol. The van der Waals surface area contributed by atoms with E-state index in [1.807, 2.05) is 20.8 Å². The van der Waals surface area contributed by atoms with Gasteiger partial charge >= 0.3 is 0 Å². The van der Waals surface area contributed by atoms with E-state index in [4.69, 9.17) is 0 Å². The molecule has 2 rings (SSSR count). The van der Waals surface area contributed by atoms with Gasteiger partial charge in [-0.3, -0.25) is 19.8 Å². The minimum atomic E-state index is -0.506. The Morgan fingerprint density at radius 3 is 2.61 bits per heavy atom. The number of rotatable bonds is 4. The first-order valence-corrected chi connectivity index (χ1v) is 5.86. The summed E-state index contributed by atoms with van der Waals surface area (Å²) in [4.78, 5) is 25.1. The predicted molar refractivity (Wildman–Crippen MR) is 61.1 cm³/mol. The summed E-state index contributed by atoms with van der Waals surface area (Å²) < 4.78 is 0. The maximum atomic E-state index is 12.0. The summed E-state index contributed by atoms with van der Waals surface area (Å²) in [6.45, 7) is 5.46. The van der Waals surface area contributed by atoms with Crippen LogP contribution in [-0.2, 0) is 9.59 Å². The second kappa shape index (κ2) is 4.81. The molecule has 2 N–H and O–H groups in total. The Labute approximate surface area is 104 Å². The first kappa shape index (κ1) is 12.6. The minimum absolute atomic E-state index is 0.114. The van der Waals surface area contributed by atoms with E-state index in [1.54, 1.807) is 0 Å². The summed E-state index contributed by atoms with van der Waals surface area (Å²) in [7, 11) is 0. The minimum Gasteiger partial charge on any atom is -0.296 e. The maximum absolute atomic E-state index is 12.0. The number of carbonyl (C=O) groups excluding carboxylic acids is 2. The molecule has 1 saturated heterocycles. The third-order valence-corrected chi connectivity index (χ3v) is 2.90. The molecule has 0 spiro atoms. The highest BCUT2D eigenvalue weighted by molar-refractivity contribution is 6.05. The van der Waals surface area contributed by atoms with Crippen LogP contribution in [0, 0.1) is 0 Å². The van der Waals surface area contributed by atoms with E-state index in [0.29, 0.717) is 5.82 Å². The molecule has 2 amide bonds. The van der Waals surface area contributed by atoms with Gasteiger partial charge in [0.2, 0.25) is 11.8 Å². The van der Waals surface area contributed by atoms with Gasteiger partial charge in [0.25, 0.3) is 0 Å². The molecule has 1 aliphatic rings. The van der Waals surface area contributed by atoms with Crippen molar-refractivity contribution in [3.05, 3.63) is 5.82 Å². The molecule has 1 aromatic heterocycles. The van der Waals surface area contributed by atoms with Crippen LogP contribution >= 0.6 is 0 Å². The van der Waals surface area contributed by atoms with Gasteiger partial charge in [0.05, 0.1) is 18.5 Å².